The van der Waals surface area contributed by atoms with E-state index in [0.29, 0.717) is 10.7 Å². The number of methoxy groups -OCH3 is 1. The van der Waals surface area contributed by atoms with Crippen LogP contribution in [0.5, 0.6) is 0 Å². The van der Waals surface area contributed by atoms with Gasteiger partial charge >= 0.3 is 5.97 Å². The molecule has 7 nitrogen and oxygen atoms in total. The molecule has 154 valence electrons. The molecule has 3 heterocycles. The van der Waals surface area contributed by atoms with Crippen LogP contribution in [0.15, 0.2) is 27.5 Å². The maximum Gasteiger partial charge on any atom is 0.373 e. The van der Waals surface area contributed by atoms with Gasteiger partial charge in [-0.25, -0.2) is 4.79 Å². The van der Waals surface area contributed by atoms with Gasteiger partial charge in [0.05, 0.1) is 18.6 Å². The SMILES string of the molecule is COC(=O)c1ccc(CN2C(=O)S/C(=C/c3cc(C)n(C(C)(C)C)c3C)C2=O)o1. The molecule has 0 unspecified atom stereocenters. The molecule has 1 fully saturated rings. The summed E-state index contributed by atoms with van der Waals surface area (Å²) in [5.74, 6) is -0.629. The Kier molecular flexibility index (Phi) is 5.49. The number of carbonyl (C=O) groups is 3. The molecular weight excluding hydrogens is 392 g/mol. The number of furan rings is 1. The number of aromatic nitrogens is 1. The molecular formula is C21H24N2O5S. The lowest BCUT2D eigenvalue weighted by molar-refractivity contribution is -0.123. The fourth-order valence-electron chi connectivity index (χ4n) is 3.57. The van der Waals surface area contributed by atoms with Crippen molar-refractivity contribution >= 4 is 35.0 Å². The minimum Gasteiger partial charge on any atom is -0.463 e. The van der Waals surface area contributed by atoms with Crippen LogP contribution in [-0.4, -0.2) is 33.7 Å². The monoisotopic (exact) mass is 416 g/mol. The zero-order valence-corrected chi connectivity index (χ0v) is 18.2. The van der Waals surface area contributed by atoms with E-state index < -0.39 is 5.97 Å². The standard InChI is InChI=1S/C21H24N2O5S/c1-12-9-14(13(2)23(12)21(3,4)5)10-17-18(24)22(20(26)29-17)11-15-7-8-16(28-15)19(25)27-6/h7-10H,11H2,1-6H3/b17-10+. The van der Waals surface area contributed by atoms with Gasteiger partial charge in [-0.1, -0.05) is 0 Å². The molecule has 0 bridgehead atoms. The predicted octanol–water partition coefficient (Wildman–Crippen LogP) is 4.48. The van der Waals surface area contributed by atoms with E-state index in [-0.39, 0.29) is 29.0 Å². The Morgan fingerprint density at radius 1 is 1.24 bits per heavy atom. The average molecular weight is 416 g/mol. The number of nitrogens with zero attached hydrogens (tertiary/aromatic N) is 2. The lowest BCUT2D eigenvalue weighted by Gasteiger charge is -2.25. The minimum absolute atomic E-state index is 0.0274. The molecule has 0 atom stereocenters. The first-order chi connectivity index (χ1) is 13.5. The first kappa shape index (κ1) is 21.0. The van der Waals surface area contributed by atoms with Crippen molar-refractivity contribution in [2.75, 3.05) is 7.11 Å². The maximum absolute atomic E-state index is 12.8. The first-order valence-electron chi connectivity index (χ1n) is 9.14. The maximum atomic E-state index is 12.8. The molecule has 1 aliphatic rings. The second-order valence-electron chi connectivity index (χ2n) is 7.86. The van der Waals surface area contributed by atoms with Crippen molar-refractivity contribution in [2.45, 2.75) is 46.7 Å². The van der Waals surface area contributed by atoms with Crippen LogP contribution in [0.2, 0.25) is 0 Å². The second-order valence-corrected chi connectivity index (χ2v) is 8.85. The third-order valence-electron chi connectivity index (χ3n) is 4.66. The predicted molar refractivity (Wildman–Crippen MR) is 110 cm³/mol. The quantitative estimate of drug-likeness (QED) is 0.540. The number of amides is 2. The Morgan fingerprint density at radius 3 is 2.52 bits per heavy atom. The van der Waals surface area contributed by atoms with E-state index in [1.807, 2.05) is 19.9 Å². The fourth-order valence-corrected chi connectivity index (χ4v) is 4.40. The average Bonchev–Trinajstić information content (AvgIpc) is 3.28. The molecule has 3 rings (SSSR count). The van der Waals surface area contributed by atoms with Crippen LogP contribution in [0, 0.1) is 13.8 Å². The van der Waals surface area contributed by atoms with Gasteiger partial charge in [-0.3, -0.25) is 14.5 Å². The van der Waals surface area contributed by atoms with Gasteiger partial charge < -0.3 is 13.7 Å². The van der Waals surface area contributed by atoms with Gasteiger partial charge in [-0.2, -0.15) is 0 Å². The summed E-state index contributed by atoms with van der Waals surface area (Å²) in [4.78, 5) is 38.2. The number of ether oxygens (including phenoxy) is 1. The molecule has 1 saturated heterocycles. The van der Waals surface area contributed by atoms with E-state index in [1.54, 1.807) is 12.1 Å². The summed E-state index contributed by atoms with van der Waals surface area (Å²) in [6.45, 7) is 10.4. The van der Waals surface area contributed by atoms with E-state index in [4.69, 9.17) is 4.42 Å². The highest BCUT2D eigenvalue weighted by molar-refractivity contribution is 8.18. The lowest BCUT2D eigenvalue weighted by atomic mass is 10.1. The number of aryl methyl sites for hydroxylation is 1. The molecule has 2 amide bonds. The summed E-state index contributed by atoms with van der Waals surface area (Å²) in [5.41, 5.74) is 2.95. The topological polar surface area (TPSA) is 81.8 Å². The van der Waals surface area contributed by atoms with Crippen molar-refractivity contribution < 1.29 is 23.5 Å². The first-order valence-corrected chi connectivity index (χ1v) is 9.96. The van der Waals surface area contributed by atoms with Crippen LogP contribution in [0.3, 0.4) is 0 Å². The number of esters is 1. The molecule has 2 aromatic rings. The Bertz CT molecular complexity index is 1020. The third kappa shape index (κ3) is 4.03. The van der Waals surface area contributed by atoms with Crippen molar-refractivity contribution in [1.82, 2.24) is 9.47 Å². The van der Waals surface area contributed by atoms with Gasteiger partial charge in [0.1, 0.15) is 5.76 Å². The summed E-state index contributed by atoms with van der Waals surface area (Å²) in [6.07, 6.45) is 1.76. The number of thioether (sulfide) groups is 1. The molecule has 0 aliphatic carbocycles. The molecule has 8 heteroatoms. The van der Waals surface area contributed by atoms with Crippen LogP contribution in [0.25, 0.3) is 6.08 Å². The van der Waals surface area contributed by atoms with Crippen LogP contribution in [0.4, 0.5) is 4.79 Å². The number of carbonyl (C=O) groups excluding carboxylic acids is 3. The molecule has 0 saturated carbocycles. The second kappa shape index (κ2) is 7.59. The zero-order valence-electron chi connectivity index (χ0n) is 17.4. The summed E-state index contributed by atoms with van der Waals surface area (Å²) >= 11 is 0.901. The summed E-state index contributed by atoms with van der Waals surface area (Å²) < 4.78 is 12.2. The third-order valence-corrected chi connectivity index (χ3v) is 5.57. The molecule has 0 radical (unpaired) electrons. The van der Waals surface area contributed by atoms with Gasteiger partial charge in [0.25, 0.3) is 11.1 Å². The van der Waals surface area contributed by atoms with Gasteiger partial charge in [0.15, 0.2) is 0 Å². The number of imide groups is 1. The number of rotatable bonds is 4. The van der Waals surface area contributed by atoms with E-state index >= 15 is 0 Å². The number of hydrogen-bond donors (Lipinski definition) is 0. The highest BCUT2D eigenvalue weighted by atomic mass is 32.2. The highest BCUT2D eigenvalue weighted by Gasteiger charge is 2.36. The van der Waals surface area contributed by atoms with Crippen LogP contribution in [-0.2, 0) is 21.6 Å². The van der Waals surface area contributed by atoms with Crippen molar-refractivity contribution in [1.29, 1.82) is 0 Å². The Hall–Kier alpha value is -2.74. The summed E-state index contributed by atoms with van der Waals surface area (Å²) in [6, 6.07) is 5.03. The van der Waals surface area contributed by atoms with Crippen molar-refractivity contribution in [2.24, 2.45) is 0 Å². The molecule has 1 aliphatic heterocycles. The normalized spacial score (nSPS) is 16.2. The molecule has 0 aromatic carbocycles. The molecule has 0 N–H and O–H groups in total. The minimum atomic E-state index is -0.612. The van der Waals surface area contributed by atoms with Crippen molar-refractivity contribution in [3.63, 3.8) is 0 Å². The van der Waals surface area contributed by atoms with Gasteiger partial charge in [-0.15, -0.1) is 0 Å². The van der Waals surface area contributed by atoms with Crippen molar-refractivity contribution in [3.05, 3.63) is 51.6 Å². The Morgan fingerprint density at radius 2 is 1.93 bits per heavy atom. The van der Waals surface area contributed by atoms with Crippen LogP contribution >= 0.6 is 11.8 Å². The fraction of sp³-hybridized carbons (Fsp3) is 0.381. The van der Waals surface area contributed by atoms with E-state index in [1.165, 1.54) is 13.2 Å². The Balaban J connectivity index is 1.84. The highest BCUT2D eigenvalue weighted by Crippen LogP contribution is 2.35. The van der Waals surface area contributed by atoms with Crippen molar-refractivity contribution in [3.8, 4) is 0 Å². The lowest BCUT2D eigenvalue weighted by Crippen LogP contribution is -2.27. The molecule has 29 heavy (non-hydrogen) atoms. The van der Waals surface area contributed by atoms with Gasteiger partial charge in [0, 0.05) is 16.9 Å². The molecule has 0 spiro atoms. The van der Waals surface area contributed by atoms with E-state index in [9.17, 15) is 14.4 Å². The Labute approximate surface area is 173 Å². The van der Waals surface area contributed by atoms with Gasteiger partial charge in [-0.05, 0) is 76.2 Å². The van der Waals surface area contributed by atoms with E-state index in [2.05, 4.69) is 30.1 Å². The largest absolute Gasteiger partial charge is 0.463 e. The van der Waals surface area contributed by atoms with Gasteiger partial charge in [0.2, 0.25) is 5.76 Å². The summed E-state index contributed by atoms with van der Waals surface area (Å²) in [5, 5.41) is -0.373. The molecule has 2 aromatic heterocycles. The number of hydrogen-bond acceptors (Lipinski definition) is 6. The van der Waals surface area contributed by atoms with Crippen LogP contribution in [0.1, 0.15) is 54.0 Å². The summed E-state index contributed by atoms with van der Waals surface area (Å²) in [7, 11) is 1.25. The van der Waals surface area contributed by atoms with E-state index in [0.717, 1.165) is 33.6 Å². The smallest absolute Gasteiger partial charge is 0.373 e. The zero-order chi connectivity index (χ0) is 21.5. The van der Waals surface area contributed by atoms with Crippen LogP contribution < -0.4 is 0 Å².